The molecule has 0 aromatic rings. The van der Waals surface area contributed by atoms with Gasteiger partial charge in [0.25, 0.3) is 0 Å². The Hall–Kier alpha value is -1.06. The number of nitrogens with zero attached hydrogens (tertiary/aromatic N) is 1. The van der Waals surface area contributed by atoms with Crippen molar-refractivity contribution in [3.63, 3.8) is 0 Å². The van der Waals surface area contributed by atoms with Crippen molar-refractivity contribution in [1.29, 1.82) is 0 Å². The van der Waals surface area contributed by atoms with Crippen LogP contribution in [0.1, 0.15) is 64.7 Å². The van der Waals surface area contributed by atoms with Gasteiger partial charge < -0.3 is 10.2 Å². The Bertz CT molecular complexity index is 460. The van der Waals surface area contributed by atoms with Gasteiger partial charge in [-0.2, -0.15) is 0 Å². The van der Waals surface area contributed by atoms with Crippen molar-refractivity contribution in [3.05, 3.63) is 0 Å². The van der Waals surface area contributed by atoms with E-state index in [0.29, 0.717) is 0 Å². The number of hydrogen-bond donors (Lipinski definition) is 1. The summed E-state index contributed by atoms with van der Waals surface area (Å²) in [6.07, 6.45) is 11.3. The number of rotatable bonds is 2. The average molecular weight is 318 g/mol. The average Bonchev–Trinajstić information content (AvgIpc) is 2.53. The maximum Gasteiger partial charge on any atom is 0.311 e. The van der Waals surface area contributed by atoms with Crippen LogP contribution in [-0.4, -0.2) is 35.8 Å². The molecule has 1 saturated heterocycles. The molecule has 1 heterocycles. The minimum Gasteiger partial charge on any atom is -0.345 e. The van der Waals surface area contributed by atoms with Gasteiger partial charge >= 0.3 is 11.8 Å². The second-order valence-electron chi connectivity index (χ2n) is 8.83. The Kier molecular flexibility index (Phi) is 3.89. The first-order valence-corrected chi connectivity index (χ1v) is 9.65. The lowest BCUT2D eigenvalue weighted by atomic mass is 9.48. The molecule has 128 valence electrons. The summed E-state index contributed by atoms with van der Waals surface area (Å²) >= 11 is 0. The molecule has 0 spiro atoms. The lowest BCUT2D eigenvalue weighted by Crippen LogP contribution is -2.57. The molecule has 0 aromatic heterocycles. The first-order valence-electron chi connectivity index (χ1n) is 9.65. The van der Waals surface area contributed by atoms with Crippen LogP contribution >= 0.6 is 0 Å². The minimum atomic E-state index is -0.366. The van der Waals surface area contributed by atoms with Crippen molar-refractivity contribution in [2.45, 2.75) is 70.8 Å². The van der Waals surface area contributed by atoms with Gasteiger partial charge in [-0.25, -0.2) is 0 Å². The van der Waals surface area contributed by atoms with Gasteiger partial charge in [0.2, 0.25) is 0 Å². The van der Waals surface area contributed by atoms with Gasteiger partial charge in [-0.3, -0.25) is 9.59 Å². The van der Waals surface area contributed by atoms with E-state index in [1.807, 2.05) is 0 Å². The number of hydrogen-bond acceptors (Lipinski definition) is 2. The third-order valence-corrected chi connectivity index (χ3v) is 7.19. The molecule has 4 bridgehead atoms. The highest BCUT2D eigenvalue weighted by atomic mass is 16.2. The molecule has 5 rings (SSSR count). The van der Waals surface area contributed by atoms with E-state index in [1.54, 1.807) is 4.90 Å². The fourth-order valence-electron chi connectivity index (χ4n) is 6.36. The number of amides is 2. The largest absolute Gasteiger partial charge is 0.345 e. The molecule has 5 fully saturated rings. The van der Waals surface area contributed by atoms with Crippen molar-refractivity contribution >= 4 is 11.8 Å². The molecule has 4 heteroatoms. The molecule has 1 atom stereocenters. The summed E-state index contributed by atoms with van der Waals surface area (Å²) in [5.74, 6) is 1.95. The van der Waals surface area contributed by atoms with E-state index in [9.17, 15) is 9.59 Å². The second-order valence-corrected chi connectivity index (χ2v) is 8.83. The Balaban J connectivity index is 1.40. The first-order chi connectivity index (χ1) is 11.1. The van der Waals surface area contributed by atoms with Crippen LogP contribution in [0.4, 0.5) is 0 Å². The summed E-state index contributed by atoms with van der Waals surface area (Å²) in [5, 5.41) is 3.10. The molecular weight excluding hydrogens is 288 g/mol. The number of nitrogens with one attached hydrogen (secondary N) is 1. The maximum atomic E-state index is 12.4. The number of carbonyl (C=O) groups is 2. The monoisotopic (exact) mass is 318 g/mol. The van der Waals surface area contributed by atoms with E-state index in [2.05, 4.69) is 12.2 Å². The zero-order valence-corrected chi connectivity index (χ0v) is 14.4. The van der Waals surface area contributed by atoms with E-state index in [1.165, 1.54) is 44.9 Å². The van der Waals surface area contributed by atoms with E-state index in [4.69, 9.17) is 0 Å². The molecule has 1 N–H and O–H groups in total. The highest BCUT2D eigenvalue weighted by Crippen LogP contribution is 2.61. The summed E-state index contributed by atoms with van der Waals surface area (Å²) in [5.41, 5.74) is 0.270. The van der Waals surface area contributed by atoms with Gasteiger partial charge in [0.05, 0.1) is 0 Å². The van der Waals surface area contributed by atoms with Crippen LogP contribution in [0.15, 0.2) is 0 Å². The van der Waals surface area contributed by atoms with Crippen molar-refractivity contribution in [2.75, 3.05) is 13.1 Å². The summed E-state index contributed by atoms with van der Waals surface area (Å²) < 4.78 is 0. The van der Waals surface area contributed by atoms with Crippen LogP contribution in [0.25, 0.3) is 0 Å². The zero-order chi connectivity index (χ0) is 16.0. The topological polar surface area (TPSA) is 49.4 Å². The Morgan fingerprint density at radius 1 is 0.957 bits per heavy atom. The lowest BCUT2D eigenvalue weighted by molar-refractivity contribution is -0.148. The van der Waals surface area contributed by atoms with Gasteiger partial charge in [0.1, 0.15) is 0 Å². The molecule has 4 aliphatic carbocycles. The van der Waals surface area contributed by atoms with Crippen LogP contribution in [-0.2, 0) is 9.59 Å². The van der Waals surface area contributed by atoms with Crippen molar-refractivity contribution in [2.24, 2.45) is 23.2 Å². The van der Waals surface area contributed by atoms with Crippen molar-refractivity contribution in [3.8, 4) is 0 Å². The quantitative estimate of drug-likeness (QED) is 0.796. The van der Waals surface area contributed by atoms with Gasteiger partial charge in [-0.1, -0.05) is 0 Å². The maximum absolute atomic E-state index is 12.4. The van der Waals surface area contributed by atoms with Crippen molar-refractivity contribution in [1.82, 2.24) is 10.2 Å². The van der Waals surface area contributed by atoms with Gasteiger partial charge in [-0.15, -0.1) is 0 Å². The third kappa shape index (κ3) is 2.78. The van der Waals surface area contributed by atoms with Crippen LogP contribution in [0.2, 0.25) is 0 Å². The van der Waals surface area contributed by atoms with E-state index < -0.39 is 0 Å². The molecular formula is C19H30N2O2. The van der Waals surface area contributed by atoms with Gasteiger partial charge in [0, 0.05) is 19.1 Å². The molecule has 5 aliphatic rings. The molecule has 4 saturated carbocycles. The highest BCUT2D eigenvalue weighted by molar-refractivity contribution is 6.35. The van der Waals surface area contributed by atoms with Crippen LogP contribution in [0.3, 0.4) is 0 Å². The van der Waals surface area contributed by atoms with E-state index in [0.717, 1.165) is 43.7 Å². The first kappa shape index (κ1) is 15.5. The molecule has 1 aliphatic heterocycles. The fraction of sp³-hybridized carbons (Fsp3) is 0.895. The normalized spacial score (nSPS) is 40.0. The van der Waals surface area contributed by atoms with E-state index in [-0.39, 0.29) is 23.3 Å². The van der Waals surface area contributed by atoms with E-state index >= 15 is 0 Å². The summed E-state index contributed by atoms with van der Waals surface area (Å²) in [6, 6.07) is 0.136. The predicted molar refractivity (Wildman–Crippen MR) is 88.6 cm³/mol. The third-order valence-electron chi connectivity index (χ3n) is 7.19. The van der Waals surface area contributed by atoms with Crippen LogP contribution < -0.4 is 5.32 Å². The highest BCUT2D eigenvalue weighted by Gasteiger charge is 2.53. The minimum absolute atomic E-state index is 0.136. The SMILES string of the molecule is CC(NC(=O)C(=O)N1CCCCC1)C12CC3CC(CC(C3)C1)C2. The molecule has 0 radical (unpaired) electrons. The number of piperidine rings is 1. The number of likely N-dealkylation sites (tertiary alicyclic amines) is 1. The molecule has 23 heavy (non-hydrogen) atoms. The standard InChI is InChI=1S/C19H30N2O2/c1-13(20-17(22)18(23)21-5-3-2-4-6-21)19-10-14-7-15(11-19)9-16(8-14)12-19/h13-16H,2-12H2,1H3,(H,20,22). The molecule has 4 nitrogen and oxygen atoms in total. The lowest BCUT2D eigenvalue weighted by Gasteiger charge is -2.59. The Labute approximate surface area is 139 Å². The van der Waals surface area contributed by atoms with Crippen molar-refractivity contribution < 1.29 is 9.59 Å². The predicted octanol–water partition coefficient (Wildman–Crippen LogP) is 2.72. The van der Waals surface area contributed by atoms with Crippen LogP contribution in [0.5, 0.6) is 0 Å². The van der Waals surface area contributed by atoms with Gasteiger partial charge in [-0.05, 0) is 87.9 Å². The Morgan fingerprint density at radius 3 is 2.00 bits per heavy atom. The second kappa shape index (κ2) is 5.78. The fourth-order valence-corrected chi connectivity index (χ4v) is 6.36. The molecule has 2 amide bonds. The summed E-state index contributed by atoms with van der Waals surface area (Å²) in [7, 11) is 0. The number of carbonyl (C=O) groups excluding carboxylic acids is 2. The Morgan fingerprint density at radius 2 is 1.48 bits per heavy atom. The molecule has 1 unspecified atom stereocenters. The zero-order valence-electron chi connectivity index (χ0n) is 14.4. The molecule has 0 aromatic carbocycles. The smallest absolute Gasteiger partial charge is 0.311 e. The van der Waals surface area contributed by atoms with Crippen LogP contribution in [0, 0.1) is 23.2 Å². The summed E-state index contributed by atoms with van der Waals surface area (Å²) in [6.45, 7) is 3.64. The van der Waals surface area contributed by atoms with Gasteiger partial charge in [0.15, 0.2) is 0 Å². The summed E-state index contributed by atoms with van der Waals surface area (Å²) in [4.78, 5) is 26.6.